The summed E-state index contributed by atoms with van der Waals surface area (Å²) in [5.41, 5.74) is 0.718. The van der Waals surface area contributed by atoms with Crippen molar-refractivity contribution in [2.45, 2.75) is 39.2 Å². The zero-order valence-electron chi connectivity index (χ0n) is 14.6. The Kier molecular flexibility index (Phi) is 7.79. The van der Waals surface area contributed by atoms with Gasteiger partial charge in [0.2, 0.25) is 0 Å². The summed E-state index contributed by atoms with van der Waals surface area (Å²) in [4.78, 5) is 12.3. The first-order valence-corrected chi connectivity index (χ1v) is 9.33. The van der Waals surface area contributed by atoms with E-state index in [4.69, 9.17) is 9.47 Å². The predicted octanol–water partition coefficient (Wildman–Crippen LogP) is 5.42. The van der Waals surface area contributed by atoms with E-state index in [0.717, 1.165) is 28.9 Å². The Hall–Kier alpha value is -2.01. The van der Waals surface area contributed by atoms with Gasteiger partial charge in [-0.1, -0.05) is 41.8 Å². The van der Waals surface area contributed by atoms with Crippen LogP contribution in [0.15, 0.2) is 53.0 Å². The molecule has 4 nitrogen and oxygen atoms in total. The quantitative estimate of drug-likeness (QED) is 0.566. The molecule has 0 fully saturated rings. The van der Waals surface area contributed by atoms with Crippen LogP contribution in [-0.4, -0.2) is 18.6 Å². The summed E-state index contributed by atoms with van der Waals surface area (Å²) >= 11 is 3.38. The SMILES string of the molecule is CCCCCOc1ccc(NC(=O)[C@@H](C)Oc2cccc(Br)c2)cc1. The molecule has 2 aromatic rings. The number of rotatable bonds is 9. The summed E-state index contributed by atoms with van der Waals surface area (Å²) in [6.45, 7) is 4.61. The van der Waals surface area contributed by atoms with Gasteiger partial charge in [0.05, 0.1) is 6.61 Å². The molecular weight excluding hydrogens is 382 g/mol. The number of hydrogen-bond donors (Lipinski definition) is 1. The van der Waals surface area contributed by atoms with Crippen molar-refractivity contribution in [3.63, 3.8) is 0 Å². The molecular formula is C20H24BrNO3. The molecule has 0 spiro atoms. The highest BCUT2D eigenvalue weighted by Crippen LogP contribution is 2.20. The van der Waals surface area contributed by atoms with E-state index in [0.29, 0.717) is 5.75 Å². The fraction of sp³-hybridized carbons (Fsp3) is 0.350. The summed E-state index contributed by atoms with van der Waals surface area (Å²) in [6.07, 6.45) is 2.80. The molecule has 0 aliphatic rings. The first-order valence-electron chi connectivity index (χ1n) is 8.54. The molecule has 2 rings (SSSR count). The average molecular weight is 406 g/mol. The largest absolute Gasteiger partial charge is 0.494 e. The zero-order valence-corrected chi connectivity index (χ0v) is 16.2. The molecule has 0 aliphatic carbocycles. The van der Waals surface area contributed by atoms with Crippen molar-refractivity contribution in [2.24, 2.45) is 0 Å². The number of hydrogen-bond acceptors (Lipinski definition) is 3. The Labute approximate surface area is 157 Å². The van der Waals surface area contributed by atoms with E-state index in [2.05, 4.69) is 28.2 Å². The number of carbonyl (C=O) groups is 1. The number of anilines is 1. The summed E-state index contributed by atoms with van der Waals surface area (Å²) in [6, 6.07) is 14.8. The van der Waals surface area contributed by atoms with Crippen molar-refractivity contribution in [1.82, 2.24) is 0 Å². The van der Waals surface area contributed by atoms with Gasteiger partial charge in [0.25, 0.3) is 5.91 Å². The van der Waals surface area contributed by atoms with Crippen molar-refractivity contribution in [2.75, 3.05) is 11.9 Å². The van der Waals surface area contributed by atoms with Crippen LogP contribution in [0.1, 0.15) is 33.1 Å². The smallest absolute Gasteiger partial charge is 0.265 e. The Morgan fingerprint density at radius 2 is 1.88 bits per heavy atom. The third-order valence-corrected chi connectivity index (χ3v) is 4.11. The molecule has 5 heteroatoms. The minimum atomic E-state index is -0.598. The highest BCUT2D eigenvalue weighted by atomic mass is 79.9. The summed E-state index contributed by atoms with van der Waals surface area (Å²) in [7, 11) is 0. The van der Waals surface area contributed by atoms with Crippen LogP contribution in [0.2, 0.25) is 0 Å². The van der Waals surface area contributed by atoms with Crippen LogP contribution >= 0.6 is 15.9 Å². The van der Waals surface area contributed by atoms with Gasteiger partial charge in [0.1, 0.15) is 11.5 Å². The third-order valence-electron chi connectivity index (χ3n) is 3.62. The molecule has 0 saturated heterocycles. The lowest BCUT2D eigenvalue weighted by molar-refractivity contribution is -0.122. The van der Waals surface area contributed by atoms with Crippen molar-refractivity contribution < 1.29 is 14.3 Å². The van der Waals surface area contributed by atoms with Crippen LogP contribution in [0.5, 0.6) is 11.5 Å². The average Bonchev–Trinajstić information content (AvgIpc) is 2.60. The van der Waals surface area contributed by atoms with E-state index in [1.165, 1.54) is 12.8 Å². The number of halogens is 1. The Morgan fingerprint density at radius 1 is 1.12 bits per heavy atom. The highest BCUT2D eigenvalue weighted by Gasteiger charge is 2.15. The molecule has 134 valence electrons. The number of unbranched alkanes of at least 4 members (excludes halogenated alkanes) is 2. The highest BCUT2D eigenvalue weighted by molar-refractivity contribution is 9.10. The van der Waals surface area contributed by atoms with E-state index in [9.17, 15) is 4.79 Å². The third kappa shape index (κ3) is 6.78. The van der Waals surface area contributed by atoms with Gasteiger partial charge in [0.15, 0.2) is 6.10 Å². The molecule has 0 bridgehead atoms. The number of amides is 1. The number of carbonyl (C=O) groups excluding carboxylic acids is 1. The Bertz CT molecular complexity index is 673. The van der Waals surface area contributed by atoms with Gasteiger partial charge in [-0.05, 0) is 55.8 Å². The van der Waals surface area contributed by atoms with Gasteiger partial charge < -0.3 is 14.8 Å². The number of benzene rings is 2. The minimum Gasteiger partial charge on any atom is -0.494 e. The monoisotopic (exact) mass is 405 g/mol. The molecule has 1 atom stereocenters. The summed E-state index contributed by atoms with van der Waals surface area (Å²) in [5.74, 6) is 1.26. The first kappa shape index (κ1) is 19.3. The van der Waals surface area contributed by atoms with Crippen molar-refractivity contribution in [3.8, 4) is 11.5 Å². The lowest BCUT2D eigenvalue weighted by atomic mass is 10.2. The van der Waals surface area contributed by atoms with E-state index >= 15 is 0 Å². The maximum atomic E-state index is 12.3. The lowest BCUT2D eigenvalue weighted by Gasteiger charge is -2.15. The predicted molar refractivity (Wildman–Crippen MR) is 104 cm³/mol. The first-order chi connectivity index (χ1) is 12.1. The van der Waals surface area contributed by atoms with Crippen LogP contribution in [0, 0.1) is 0 Å². The molecule has 0 saturated carbocycles. The van der Waals surface area contributed by atoms with Crippen LogP contribution in [0.25, 0.3) is 0 Å². The fourth-order valence-corrected chi connectivity index (χ4v) is 2.60. The minimum absolute atomic E-state index is 0.198. The van der Waals surface area contributed by atoms with Crippen LogP contribution < -0.4 is 14.8 Å². The topological polar surface area (TPSA) is 47.6 Å². The number of nitrogens with one attached hydrogen (secondary N) is 1. The second kappa shape index (κ2) is 10.1. The maximum absolute atomic E-state index is 12.3. The molecule has 0 aliphatic heterocycles. The Morgan fingerprint density at radius 3 is 2.56 bits per heavy atom. The van der Waals surface area contributed by atoms with Crippen molar-refractivity contribution >= 4 is 27.5 Å². The van der Waals surface area contributed by atoms with E-state index in [1.807, 2.05) is 48.5 Å². The number of ether oxygens (including phenoxy) is 2. The summed E-state index contributed by atoms with van der Waals surface area (Å²) in [5, 5.41) is 2.85. The molecule has 0 radical (unpaired) electrons. The molecule has 0 unspecified atom stereocenters. The van der Waals surface area contributed by atoms with E-state index in [-0.39, 0.29) is 5.91 Å². The van der Waals surface area contributed by atoms with Crippen molar-refractivity contribution in [3.05, 3.63) is 53.0 Å². The van der Waals surface area contributed by atoms with Crippen LogP contribution in [0.3, 0.4) is 0 Å². The molecule has 0 heterocycles. The Balaban J connectivity index is 1.83. The van der Waals surface area contributed by atoms with E-state index < -0.39 is 6.10 Å². The second-order valence-corrected chi connectivity index (χ2v) is 6.70. The molecule has 0 aromatic heterocycles. The van der Waals surface area contributed by atoms with Crippen molar-refractivity contribution in [1.29, 1.82) is 0 Å². The van der Waals surface area contributed by atoms with Gasteiger partial charge in [-0.2, -0.15) is 0 Å². The van der Waals surface area contributed by atoms with Gasteiger partial charge in [-0.3, -0.25) is 4.79 Å². The second-order valence-electron chi connectivity index (χ2n) is 5.79. The molecule has 1 amide bonds. The standard InChI is InChI=1S/C20H24BrNO3/c1-3-4-5-13-24-18-11-9-17(10-12-18)22-20(23)15(2)25-19-8-6-7-16(21)14-19/h6-12,14-15H,3-5,13H2,1-2H3,(H,22,23)/t15-/m1/s1. The fourth-order valence-electron chi connectivity index (χ4n) is 2.22. The lowest BCUT2D eigenvalue weighted by Crippen LogP contribution is -2.30. The van der Waals surface area contributed by atoms with Gasteiger partial charge in [-0.25, -0.2) is 0 Å². The zero-order chi connectivity index (χ0) is 18.1. The van der Waals surface area contributed by atoms with Gasteiger partial charge in [0, 0.05) is 10.2 Å². The van der Waals surface area contributed by atoms with Gasteiger partial charge in [-0.15, -0.1) is 0 Å². The molecule has 25 heavy (non-hydrogen) atoms. The van der Waals surface area contributed by atoms with Crippen LogP contribution in [-0.2, 0) is 4.79 Å². The maximum Gasteiger partial charge on any atom is 0.265 e. The molecule has 1 N–H and O–H groups in total. The molecule has 2 aromatic carbocycles. The van der Waals surface area contributed by atoms with Gasteiger partial charge >= 0.3 is 0 Å². The normalized spacial score (nSPS) is 11.6. The van der Waals surface area contributed by atoms with E-state index in [1.54, 1.807) is 6.92 Å². The summed E-state index contributed by atoms with van der Waals surface area (Å²) < 4.78 is 12.2. The van der Waals surface area contributed by atoms with Crippen LogP contribution in [0.4, 0.5) is 5.69 Å².